The quantitative estimate of drug-likeness (QED) is 0.541. The number of hydrogen-bond donors (Lipinski definition) is 3. The van der Waals surface area contributed by atoms with Crippen LogP contribution in [0.4, 0.5) is 11.6 Å². The molecule has 0 atom stereocenters. The Bertz CT molecular complexity index is 406. The lowest BCUT2D eigenvalue weighted by Gasteiger charge is -2.20. The number of nitrogens with two attached hydrogens (primary N) is 2. The number of carbonyl (C=O) groups is 2. The molecule has 1 rings (SSSR count). The Morgan fingerprint density at radius 3 is 2.35 bits per heavy atom. The van der Waals surface area contributed by atoms with E-state index in [1.807, 2.05) is 0 Å². The standard InChI is InChI=1S/C9H14N6O2/c1-12-8-2-9(14-5-13-8)15(3-6(10)16)4-7(11)17/h2,5H,3-4H2,1H3,(H2,10,16)(H2,11,17)(H,12,13,14). The number of primary amides is 2. The van der Waals surface area contributed by atoms with Crippen molar-refractivity contribution in [1.82, 2.24) is 9.97 Å². The van der Waals surface area contributed by atoms with Crippen LogP contribution in [-0.4, -0.2) is 41.9 Å². The zero-order valence-corrected chi connectivity index (χ0v) is 9.38. The number of carbonyl (C=O) groups excluding carboxylic acids is 2. The summed E-state index contributed by atoms with van der Waals surface area (Å²) in [4.78, 5) is 31.0. The predicted molar refractivity (Wildman–Crippen MR) is 62.2 cm³/mol. The fourth-order valence-electron chi connectivity index (χ4n) is 1.25. The zero-order chi connectivity index (χ0) is 12.8. The molecule has 1 heterocycles. The molecule has 0 aromatic carbocycles. The molecule has 5 N–H and O–H groups in total. The molecule has 0 fully saturated rings. The molecule has 0 unspecified atom stereocenters. The van der Waals surface area contributed by atoms with E-state index >= 15 is 0 Å². The van der Waals surface area contributed by atoms with Crippen LogP contribution in [0.25, 0.3) is 0 Å². The van der Waals surface area contributed by atoms with E-state index < -0.39 is 11.8 Å². The third kappa shape index (κ3) is 3.93. The van der Waals surface area contributed by atoms with E-state index in [0.29, 0.717) is 11.6 Å². The number of hydrogen-bond acceptors (Lipinski definition) is 6. The molecule has 92 valence electrons. The monoisotopic (exact) mass is 238 g/mol. The van der Waals surface area contributed by atoms with Crippen molar-refractivity contribution < 1.29 is 9.59 Å². The summed E-state index contributed by atoms with van der Waals surface area (Å²) in [5, 5.41) is 2.82. The molecule has 0 aliphatic carbocycles. The molecule has 8 nitrogen and oxygen atoms in total. The van der Waals surface area contributed by atoms with Crippen molar-refractivity contribution >= 4 is 23.5 Å². The first-order valence-corrected chi connectivity index (χ1v) is 4.84. The summed E-state index contributed by atoms with van der Waals surface area (Å²) in [7, 11) is 1.69. The highest BCUT2D eigenvalue weighted by Crippen LogP contribution is 2.12. The second-order valence-corrected chi connectivity index (χ2v) is 3.30. The summed E-state index contributed by atoms with van der Waals surface area (Å²) in [5.74, 6) is -0.178. The van der Waals surface area contributed by atoms with Crippen LogP contribution >= 0.6 is 0 Å². The molecule has 0 spiro atoms. The van der Waals surface area contributed by atoms with Crippen LogP contribution < -0.4 is 21.7 Å². The normalized spacial score (nSPS) is 9.71. The minimum absolute atomic E-state index is 0.136. The second-order valence-electron chi connectivity index (χ2n) is 3.30. The smallest absolute Gasteiger partial charge is 0.237 e. The molecular weight excluding hydrogens is 224 g/mol. The van der Waals surface area contributed by atoms with E-state index in [2.05, 4.69) is 15.3 Å². The van der Waals surface area contributed by atoms with Crippen LogP contribution in [0.3, 0.4) is 0 Å². The largest absolute Gasteiger partial charge is 0.373 e. The van der Waals surface area contributed by atoms with Gasteiger partial charge in [0.25, 0.3) is 0 Å². The summed E-state index contributed by atoms with van der Waals surface area (Å²) >= 11 is 0. The molecule has 0 saturated carbocycles. The highest BCUT2D eigenvalue weighted by atomic mass is 16.2. The van der Waals surface area contributed by atoms with Gasteiger partial charge < -0.3 is 21.7 Å². The number of nitrogens with one attached hydrogen (secondary N) is 1. The van der Waals surface area contributed by atoms with Gasteiger partial charge in [-0.3, -0.25) is 9.59 Å². The number of anilines is 2. The second kappa shape index (κ2) is 5.64. The molecule has 0 aliphatic heterocycles. The Morgan fingerprint density at radius 2 is 1.88 bits per heavy atom. The maximum atomic E-state index is 10.9. The van der Waals surface area contributed by atoms with E-state index in [1.54, 1.807) is 13.1 Å². The Hall–Kier alpha value is -2.38. The van der Waals surface area contributed by atoms with Gasteiger partial charge in [-0.2, -0.15) is 0 Å². The van der Waals surface area contributed by atoms with E-state index in [-0.39, 0.29) is 13.1 Å². The molecule has 0 bridgehead atoms. The first kappa shape index (κ1) is 12.7. The van der Waals surface area contributed by atoms with Gasteiger partial charge >= 0.3 is 0 Å². The van der Waals surface area contributed by atoms with E-state index in [1.165, 1.54) is 11.2 Å². The SMILES string of the molecule is CNc1cc(N(CC(N)=O)CC(N)=O)ncn1. The third-order valence-corrected chi connectivity index (χ3v) is 1.93. The molecule has 8 heteroatoms. The van der Waals surface area contributed by atoms with Gasteiger partial charge in [0.2, 0.25) is 11.8 Å². The van der Waals surface area contributed by atoms with Crippen molar-refractivity contribution in [3.63, 3.8) is 0 Å². The Morgan fingerprint density at radius 1 is 1.29 bits per heavy atom. The Labute approximate surface area is 98.0 Å². The van der Waals surface area contributed by atoms with Gasteiger partial charge in [0.15, 0.2) is 0 Å². The van der Waals surface area contributed by atoms with Gasteiger partial charge in [-0.15, -0.1) is 0 Å². The molecule has 2 amide bonds. The van der Waals surface area contributed by atoms with Crippen molar-refractivity contribution in [3.05, 3.63) is 12.4 Å². The summed E-state index contributed by atoms with van der Waals surface area (Å²) in [6, 6.07) is 1.59. The van der Waals surface area contributed by atoms with Crippen molar-refractivity contribution in [2.24, 2.45) is 11.5 Å². The minimum Gasteiger partial charge on any atom is -0.373 e. The van der Waals surface area contributed by atoms with Crippen molar-refractivity contribution in [1.29, 1.82) is 0 Å². The maximum Gasteiger partial charge on any atom is 0.237 e. The highest BCUT2D eigenvalue weighted by Gasteiger charge is 2.13. The van der Waals surface area contributed by atoms with Crippen LogP contribution in [0.5, 0.6) is 0 Å². The van der Waals surface area contributed by atoms with Gasteiger partial charge in [0.05, 0.1) is 13.1 Å². The lowest BCUT2D eigenvalue weighted by molar-refractivity contribution is -0.117. The lowest BCUT2D eigenvalue weighted by atomic mass is 10.4. The minimum atomic E-state index is -0.573. The average molecular weight is 238 g/mol. The third-order valence-electron chi connectivity index (χ3n) is 1.93. The number of rotatable bonds is 6. The van der Waals surface area contributed by atoms with Crippen LogP contribution in [0.1, 0.15) is 0 Å². The fourth-order valence-corrected chi connectivity index (χ4v) is 1.25. The average Bonchev–Trinajstić information content (AvgIpc) is 2.27. The molecule has 0 saturated heterocycles. The van der Waals surface area contributed by atoms with Crippen LogP contribution in [0.15, 0.2) is 12.4 Å². The zero-order valence-electron chi connectivity index (χ0n) is 9.38. The summed E-state index contributed by atoms with van der Waals surface area (Å²) in [5.41, 5.74) is 10.2. The Kier molecular flexibility index (Phi) is 4.21. The maximum absolute atomic E-state index is 10.9. The van der Waals surface area contributed by atoms with Crippen LogP contribution in [-0.2, 0) is 9.59 Å². The van der Waals surface area contributed by atoms with Crippen molar-refractivity contribution in [2.45, 2.75) is 0 Å². The molecule has 1 aromatic heterocycles. The van der Waals surface area contributed by atoms with Gasteiger partial charge in [0.1, 0.15) is 18.0 Å². The molecule has 0 radical (unpaired) electrons. The molecule has 0 aliphatic rings. The van der Waals surface area contributed by atoms with Gasteiger partial charge in [-0.1, -0.05) is 0 Å². The Balaban J connectivity index is 2.94. The highest BCUT2D eigenvalue weighted by molar-refractivity contribution is 5.84. The lowest BCUT2D eigenvalue weighted by Crippen LogP contribution is -2.40. The summed E-state index contributed by atoms with van der Waals surface area (Å²) in [6.45, 7) is -0.272. The number of amides is 2. The van der Waals surface area contributed by atoms with Gasteiger partial charge in [-0.05, 0) is 0 Å². The fraction of sp³-hybridized carbons (Fsp3) is 0.333. The summed E-state index contributed by atoms with van der Waals surface area (Å²) < 4.78 is 0. The summed E-state index contributed by atoms with van der Waals surface area (Å²) in [6.07, 6.45) is 1.32. The van der Waals surface area contributed by atoms with Gasteiger partial charge in [0, 0.05) is 13.1 Å². The first-order valence-electron chi connectivity index (χ1n) is 4.84. The van der Waals surface area contributed by atoms with Gasteiger partial charge in [-0.25, -0.2) is 9.97 Å². The van der Waals surface area contributed by atoms with E-state index in [0.717, 1.165) is 0 Å². The molecule has 17 heavy (non-hydrogen) atoms. The van der Waals surface area contributed by atoms with E-state index in [4.69, 9.17) is 11.5 Å². The number of nitrogens with zero attached hydrogens (tertiary/aromatic N) is 3. The van der Waals surface area contributed by atoms with E-state index in [9.17, 15) is 9.59 Å². The van der Waals surface area contributed by atoms with Crippen molar-refractivity contribution in [2.75, 3.05) is 30.4 Å². The topological polar surface area (TPSA) is 127 Å². The predicted octanol–water partition coefficient (Wildman–Crippen LogP) is -1.70. The van der Waals surface area contributed by atoms with Crippen molar-refractivity contribution in [3.8, 4) is 0 Å². The first-order chi connectivity index (χ1) is 8.02. The molecule has 1 aromatic rings. The number of aromatic nitrogens is 2. The molecular formula is C9H14N6O2. The van der Waals surface area contributed by atoms with Crippen LogP contribution in [0, 0.1) is 0 Å². The van der Waals surface area contributed by atoms with Crippen LogP contribution in [0.2, 0.25) is 0 Å².